The molecule has 5 nitrogen and oxygen atoms in total. The van der Waals surface area contributed by atoms with Gasteiger partial charge in [-0.3, -0.25) is 0 Å². The van der Waals surface area contributed by atoms with Crippen molar-refractivity contribution >= 4 is 21.4 Å². The number of sulfonamides is 1. The molecule has 21 heavy (non-hydrogen) atoms. The van der Waals surface area contributed by atoms with E-state index in [1.165, 1.54) is 11.6 Å². The second-order valence-corrected chi connectivity index (χ2v) is 6.46. The number of primary sulfonamides is 1. The molecule has 4 N–H and O–H groups in total. The number of nitrogen functional groups attached to an aromatic ring is 1. The van der Waals surface area contributed by atoms with Gasteiger partial charge in [0.15, 0.2) is 0 Å². The van der Waals surface area contributed by atoms with Crippen molar-refractivity contribution in [3.05, 3.63) is 54.1 Å². The zero-order valence-electron chi connectivity index (χ0n) is 11.9. The molecule has 0 unspecified atom stereocenters. The number of hydrogen-bond acceptors (Lipinski definition) is 4. The number of nitrogens with zero attached hydrogens (tertiary/aromatic N) is 1. The monoisotopic (exact) mass is 305 g/mol. The standard InChI is InChI=1S/C15H19N3O2S/c1-18(10-9-12-5-3-2-4-6-12)14-8-7-13(16)11-15(14)21(17,19)20/h2-8,11H,9-10,16H2,1H3,(H2,17,19,20). The molecule has 6 heteroatoms. The van der Waals surface area contributed by atoms with Gasteiger partial charge in [0.25, 0.3) is 0 Å². The summed E-state index contributed by atoms with van der Waals surface area (Å²) in [4.78, 5) is 1.92. The Morgan fingerprint density at radius 1 is 1.10 bits per heavy atom. The third-order valence-electron chi connectivity index (χ3n) is 3.28. The van der Waals surface area contributed by atoms with Gasteiger partial charge in [-0.2, -0.15) is 0 Å². The fraction of sp³-hybridized carbons (Fsp3) is 0.200. The Balaban J connectivity index is 2.21. The van der Waals surface area contributed by atoms with Crippen LogP contribution in [-0.4, -0.2) is 22.0 Å². The molecule has 0 aliphatic heterocycles. The lowest BCUT2D eigenvalue weighted by molar-refractivity contribution is 0.597. The van der Waals surface area contributed by atoms with E-state index in [0.717, 1.165) is 6.42 Å². The lowest BCUT2D eigenvalue weighted by Crippen LogP contribution is -2.24. The van der Waals surface area contributed by atoms with Gasteiger partial charge in [0, 0.05) is 19.3 Å². The lowest BCUT2D eigenvalue weighted by atomic mass is 10.1. The van der Waals surface area contributed by atoms with Crippen LogP contribution in [0.25, 0.3) is 0 Å². The summed E-state index contributed by atoms with van der Waals surface area (Å²) in [6.07, 6.45) is 0.811. The number of hydrogen-bond donors (Lipinski definition) is 2. The highest BCUT2D eigenvalue weighted by atomic mass is 32.2. The third kappa shape index (κ3) is 3.96. The molecule has 0 atom stereocenters. The molecule has 0 radical (unpaired) electrons. The maximum Gasteiger partial charge on any atom is 0.240 e. The van der Waals surface area contributed by atoms with Crippen molar-refractivity contribution in [2.24, 2.45) is 5.14 Å². The molecule has 0 saturated carbocycles. The van der Waals surface area contributed by atoms with Crippen LogP contribution in [0, 0.1) is 0 Å². The number of benzene rings is 2. The Morgan fingerprint density at radius 3 is 2.38 bits per heavy atom. The minimum absolute atomic E-state index is 0.0538. The molecular weight excluding hydrogens is 286 g/mol. The van der Waals surface area contributed by atoms with E-state index in [1.807, 2.05) is 42.3 Å². The van der Waals surface area contributed by atoms with Crippen LogP contribution in [-0.2, 0) is 16.4 Å². The molecule has 0 saturated heterocycles. The van der Waals surface area contributed by atoms with Gasteiger partial charge in [0.05, 0.1) is 5.69 Å². The average molecular weight is 305 g/mol. The van der Waals surface area contributed by atoms with E-state index >= 15 is 0 Å². The van der Waals surface area contributed by atoms with Gasteiger partial charge in [-0.1, -0.05) is 30.3 Å². The van der Waals surface area contributed by atoms with Gasteiger partial charge < -0.3 is 10.6 Å². The minimum atomic E-state index is -3.81. The normalized spacial score (nSPS) is 11.3. The molecule has 0 aromatic heterocycles. The number of anilines is 2. The molecule has 2 rings (SSSR count). The summed E-state index contributed by atoms with van der Waals surface area (Å²) in [6, 6.07) is 14.7. The fourth-order valence-corrected chi connectivity index (χ4v) is 2.95. The molecule has 0 fully saturated rings. The first-order valence-corrected chi connectivity index (χ1v) is 8.10. The summed E-state index contributed by atoms with van der Waals surface area (Å²) < 4.78 is 23.4. The maximum absolute atomic E-state index is 11.7. The molecule has 0 bridgehead atoms. The van der Waals surface area contributed by atoms with Crippen molar-refractivity contribution < 1.29 is 8.42 Å². The Bertz CT molecular complexity index is 715. The lowest BCUT2D eigenvalue weighted by Gasteiger charge is -2.22. The van der Waals surface area contributed by atoms with Crippen LogP contribution in [0.3, 0.4) is 0 Å². The molecular formula is C15H19N3O2S. The van der Waals surface area contributed by atoms with Gasteiger partial charge in [-0.05, 0) is 30.2 Å². The summed E-state index contributed by atoms with van der Waals surface area (Å²) >= 11 is 0. The van der Waals surface area contributed by atoms with Crippen molar-refractivity contribution in [1.29, 1.82) is 0 Å². The van der Waals surface area contributed by atoms with E-state index < -0.39 is 10.0 Å². The summed E-state index contributed by atoms with van der Waals surface area (Å²) in [7, 11) is -1.97. The fourth-order valence-electron chi connectivity index (χ4n) is 2.14. The van der Waals surface area contributed by atoms with E-state index in [1.54, 1.807) is 12.1 Å². The molecule has 2 aromatic rings. The van der Waals surface area contributed by atoms with Crippen molar-refractivity contribution in [3.63, 3.8) is 0 Å². The predicted molar refractivity (Wildman–Crippen MR) is 85.6 cm³/mol. The van der Waals surface area contributed by atoms with Crippen LogP contribution < -0.4 is 15.8 Å². The third-order valence-corrected chi connectivity index (χ3v) is 4.22. The second kappa shape index (κ2) is 6.15. The first kappa shape index (κ1) is 15.3. The highest BCUT2D eigenvalue weighted by molar-refractivity contribution is 7.89. The van der Waals surface area contributed by atoms with E-state index in [0.29, 0.717) is 17.9 Å². The molecule has 2 aromatic carbocycles. The SMILES string of the molecule is CN(CCc1ccccc1)c1ccc(N)cc1S(N)(=O)=O. The van der Waals surface area contributed by atoms with Gasteiger partial charge in [-0.25, -0.2) is 13.6 Å². The summed E-state index contributed by atoms with van der Waals surface area (Å²) in [5.74, 6) is 0. The molecule has 0 amide bonds. The summed E-state index contributed by atoms with van der Waals surface area (Å²) in [5, 5.41) is 5.26. The van der Waals surface area contributed by atoms with Gasteiger partial charge in [0.1, 0.15) is 4.90 Å². The summed E-state index contributed by atoms with van der Waals surface area (Å²) in [6.45, 7) is 0.677. The minimum Gasteiger partial charge on any atom is -0.399 e. The van der Waals surface area contributed by atoms with E-state index in [2.05, 4.69) is 0 Å². The van der Waals surface area contributed by atoms with Gasteiger partial charge in [0.2, 0.25) is 10.0 Å². The zero-order chi connectivity index (χ0) is 15.5. The first-order valence-electron chi connectivity index (χ1n) is 6.55. The predicted octanol–water partition coefficient (Wildman–Crippen LogP) is 1.60. The van der Waals surface area contributed by atoms with Gasteiger partial charge in [-0.15, -0.1) is 0 Å². The van der Waals surface area contributed by atoms with Crippen LogP contribution in [0.4, 0.5) is 11.4 Å². The molecule has 0 heterocycles. The largest absolute Gasteiger partial charge is 0.399 e. The van der Waals surface area contributed by atoms with Crippen molar-refractivity contribution in [2.45, 2.75) is 11.3 Å². The smallest absolute Gasteiger partial charge is 0.240 e. The number of nitrogens with two attached hydrogens (primary N) is 2. The van der Waals surface area contributed by atoms with Crippen LogP contribution in [0.2, 0.25) is 0 Å². The molecule has 0 aliphatic rings. The average Bonchev–Trinajstić information content (AvgIpc) is 2.45. The van der Waals surface area contributed by atoms with Crippen LogP contribution in [0.15, 0.2) is 53.4 Å². The van der Waals surface area contributed by atoms with Crippen LogP contribution in [0.1, 0.15) is 5.56 Å². The van der Waals surface area contributed by atoms with Crippen LogP contribution >= 0.6 is 0 Å². The summed E-state index contributed by atoms with van der Waals surface area (Å²) in [5.41, 5.74) is 7.77. The second-order valence-electron chi connectivity index (χ2n) is 4.93. The molecule has 0 aliphatic carbocycles. The van der Waals surface area contributed by atoms with Crippen molar-refractivity contribution in [1.82, 2.24) is 0 Å². The molecule has 112 valence electrons. The first-order chi connectivity index (χ1) is 9.88. The Kier molecular flexibility index (Phi) is 4.50. The Labute approximate surface area is 125 Å². The Morgan fingerprint density at radius 2 is 1.76 bits per heavy atom. The van der Waals surface area contributed by atoms with Crippen molar-refractivity contribution in [3.8, 4) is 0 Å². The highest BCUT2D eigenvalue weighted by Gasteiger charge is 2.17. The number of likely N-dealkylation sites (N-methyl/N-ethyl adjacent to an activating group) is 1. The number of rotatable bonds is 5. The topological polar surface area (TPSA) is 89.4 Å². The van der Waals surface area contributed by atoms with E-state index in [-0.39, 0.29) is 4.90 Å². The van der Waals surface area contributed by atoms with E-state index in [9.17, 15) is 8.42 Å². The van der Waals surface area contributed by atoms with Crippen molar-refractivity contribution in [2.75, 3.05) is 24.2 Å². The highest BCUT2D eigenvalue weighted by Crippen LogP contribution is 2.25. The van der Waals surface area contributed by atoms with E-state index in [4.69, 9.17) is 10.9 Å². The zero-order valence-corrected chi connectivity index (χ0v) is 12.7. The quantitative estimate of drug-likeness (QED) is 0.821. The van der Waals surface area contributed by atoms with Crippen LogP contribution in [0.5, 0.6) is 0 Å². The molecule has 0 spiro atoms. The van der Waals surface area contributed by atoms with Gasteiger partial charge >= 0.3 is 0 Å². The Hall–Kier alpha value is -2.05. The maximum atomic E-state index is 11.7.